The van der Waals surface area contributed by atoms with E-state index in [1.165, 1.54) is 22.2 Å². The molecule has 2 N–H and O–H groups in total. The van der Waals surface area contributed by atoms with Crippen molar-refractivity contribution < 1.29 is 9.90 Å². The SMILES string of the molecule is O=C(Cn1cc(CO)nn1)Nc1nc(-c2ccccc2)cs1. The lowest BCUT2D eigenvalue weighted by Crippen LogP contribution is -2.19. The molecule has 0 unspecified atom stereocenters. The lowest BCUT2D eigenvalue weighted by atomic mass is 10.2. The van der Waals surface area contributed by atoms with Gasteiger partial charge in [0, 0.05) is 10.9 Å². The average molecular weight is 315 g/mol. The first kappa shape index (κ1) is 14.4. The molecule has 0 aliphatic heterocycles. The number of aliphatic hydroxyl groups is 1. The van der Waals surface area contributed by atoms with E-state index in [-0.39, 0.29) is 19.1 Å². The Hall–Kier alpha value is -2.58. The van der Waals surface area contributed by atoms with Gasteiger partial charge in [-0.15, -0.1) is 16.4 Å². The third kappa shape index (κ3) is 3.35. The Labute approximate surface area is 130 Å². The number of nitrogens with one attached hydrogen (secondary N) is 1. The van der Waals surface area contributed by atoms with Gasteiger partial charge in [0.15, 0.2) is 5.13 Å². The summed E-state index contributed by atoms with van der Waals surface area (Å²) in [4.78, 5) is 16.3. The molecule has 22 heavy (non-hydrogen) atoms. The molecule has 0 saturated heterocycles. The van der Waals surface area contributed by atoms with Crippen molar-refractivity contribution in [1.82, 2.24) is 20.0 Å². The summed E-state index contributed by atoms with van der Waals surface area (Å²) in [5.41, 5.74) is 2.25. The number of aromatic nitrogens is 4. The van der Waals surface area contributed by atoms with Crippen molar-refractivity contribution in [3.05, 3.63) is 47.6 Å². The van der Waals surface area contributed by atoms with E-state index in [9.17, 15) is 4.79 Å². The standard InChI is InChI=1S/C14H13N5O2S/c20-8-11-6-19(18-17-11)7-13(21)16-14-15-12(9-22-14)10-4-2-1-3-5-10/h1-6,9,20H,7-8H2,(H,15,16,21). The predicted molar refractivity (Wildman–Crippen MR) is 82.1 cm³/mol. The van der Waals surface area contributed by atoms with Crippen LogP contribution in [0, 0.1) is 0 Å². The van der Waals surface area contributed by atoms with Crippen LogP contribution in [0.4, 0.5) is 5.13 Å². The Kier molecular flexibility index (Phi) is 4.22. The van der Waals surface area contributed by atoms with Gasteiger partial charge >= 0.3 is 0 Å². The van der Waals surface area contributed by atoms with Crippen LogP contribution in [0.1, 0.15) is 5.69 Å². The van der Waals surface area contributed by atoms with E-state index in [1.807, 2.05) is 35.7 Å². The molecule has 3 aromatic rings. The highest BCUT2D eigenvalue weighted by atomic mass is 32.1. The second-order valence-electron chi connectivity index (χ2n) is 4.52. The number of anilines is 1. The lowest BCUT2D eigenvalue weighted by Gasteiger charge is -2.01. The Morgan fingerprint density at radius 2 is 2.14 bits per heavy atom. The third-order valence-corrected chi connectivity index (χ3v) is 3.63. The van der Waals surface area contributed by atoms with Gasteiger partial charge in [0.1, 0.15) is 12.2 Å². The van der Waals surface area contributed by atoms with Crippen LogP contribution in [-0.4, -0.2) is 31.0 Å². The molecular weight excluding hydrogens is 302 g/mol. The minimum Gasteiger partial charge on any atom is -0.390 e. The third-order valence-electron chi connectivity index (χ3n) is 2.87. The van der Waals surface area contributed by atoms with E-state index in [2.05, 4.69) is 20.6 Å². The summed E-state index contributed by atoms with van der Waals surface area (Å²) in [7, 11) is 0. The fourth-order valence-electron chi connectivity index (χ4n) is 1.87. The Bertz CT molecular complexity index is 768. The van der Waals surface area contributed by atoms with Crippen molar-refractivity contribution in [3.8, 4) is 11.3 Å². The molecule has 3 rings (SSSR count). The molecule has 0 aliphatic carbocycles. The largest absolute Gasteiger partial charge is 0.390 e. The number of carbonyl (C=O) groups is 1. The molecule has 2 heterocycles. The van der Waals surface area contributed by atoms with Crippen LogP contribution >= 0.6 is 11.3 Å². The quantitative estimate of drug-likeness (QED) is 0.745. The summed E-state index contributed by atoms with van der Waals surface area (Å²) in [6, 6.07) is 9.75. The van der Waals surface area contributed by atoms with E-state index in [0.29, 0.717) is 10.8 Å². The number of thiazole rings is 1. The highest BCUT2D eigenvalue weighted by molar-refractivity contribution is 7.14. The van der Waals surface area contributed by atoms with Crippen molar-refractivity contribution >= 4 is 22.4 Å². The van der Waals surface area contributed by atoms with E-state index < -0.39 is 0 Å². The van der Waals surface area contributed by atoms with Crippen LogP contribution in [0.3, 0.4) is 0 Å². The molecule has 0 fully saturated rings. The van der Waals surface area contributed by atoms with Gasteiger partial charge < -0.3 is 10.4 Å². The molecule has 1 aromatic carbocycles. The first-order valence-electron chi connectivity index (χ1n) is 6.55. The monoisotopic (exact) mass is 315 g/mol. The Morgan fingerprint density at radius 3 is 2.86 bits per heavy atom. The van der Waals surface area contributed by atoms with Crippen molar-refractivity contribution in [2.75, 3.05) is 5.32 Å². The summed E-state index contributed by atoms with van der Waals surface area (Å²) in [5.74, 6) is -0.247. The molecule has 0 atom stereocenters. The molecule has 112 valence electrons. The summed E-state index contributed by atoms with van der Waals surface area (Å²) in [6.07, 6.45) is 1.52. The summed E-state index contributed by atoms with van der Waals surface area (Å²) >= 11 is 1.36. The topological polar surface area (TPSA) is 92.9 Å². The van der Waals surface area contributed by atoms with Gasteiger partial charge in [-0.2, -0.15) is 0 Å². The first-order chi connectivity index (χ1) is 10.7. The van der Waals surface area contributed by atoms with Crippen LogP contribution < -0.4 is 5.32 Å². The van der Waals surface area contributed by atoms with Crippen molar-refractivity contribution in [3.63, 3.8) is 0 Å². The first-order valence-corrected chi connectivity index (χ1v) is 7.43. The van der Waals surface area contributed by atoms with E-state index in [1.54, 1.807) is 0 Å². The minimum absolute atomic E-state index is 0.0211. The van der Waals surface area contributed by atoms with Crippen molar-refractivity contribution in [1.29, 1.82) is 0 Å². The van der Waals surface area contributed by atoms with Gasteiger partial charge in [-0.25, -0.2) is 9.67 Å². The maximum absolute atomic E-state index is 11.9. The second-order valence-corrected chi connectivity index (χ2v) is 5.38. The number of hydrogen-bond donors (Lipinski definition) is 2. The van der Waals surface area contributed by atoms with E-state index >= 15 is 0 Å². The number of amides is 1. The lowest BCUT2D eigenvalue weighted by molar-refractivity contribution is -0.116. The fourth-order valence-corrected chi connectivity index (χ4v) is 2.60. The summed E-state index contributed by atoms with van der Waals surface area (Å²) < 4.78 is 1.37. The summed E-state index contributed by atoms with van der Waals surface area (Å²) in [5, 5.41) is 21.5. The highest BCUT2D eigenvalue weighted by Gasteiger charge is 2.09. The Morgan fingerprint density at radius 1 is 1.32 bits per heavy atom. The van der Waals surface area contributed by atoms with E-state index in [4.69, 9.17) is 5.11 Å². The van der Waals surface area contributed by atoms with E-state index in [0.717, 1.165) is 11.3 Å². The fraction of sp³-hybridized carbons (Fsp3) is 0.143. The molecule has 7 nitrogen and oxygen atoms in total. The van der Waals surface area contributed by atoms with Crippen LogP contribution in [0.15, 0.2) is 41.9 Å². The second kappa shape index (κ2) is 6.46. The number of benzene rings is 1. The zero-order chi connectivity index (χ0) is 15.4. The summed E-state index contributed by atoms with van der Waals surface area (Å²) in [6.45, 7) is -0.179. The van der Waals surface area contributed by atoms with Gasteiger partial charge in [-0.3, -0.25) is 4.79 Å². The zero-order valence-electron chi connectivity index (χ0n) is 11.5. The number of hydrogen-bond acceptors (Lipinski definition) is 6. The van der Waals surface area contributed by atoms with Crippen LogP contribution in [0.25, 0.3) is 11.3 Å². The van der Waals surface area contributed by atoms with Gasteiger partial charge in [-0.05, 0) is 0 Å². The highest BCUT2D eigenvalue weighted by Crippen LogP contribution is 2.24. The van der Waals surface area contributed by atoms with Crippen LogP contribution in [-0.2, 0) is 17.9 Å². The van der Waals surface area contributed by atoms with Crippen molar-refractivity contribution in [2.24, 2.45) is 0 Å². The van der Waals surface area contributed by atoms with Gasteiger partial charge in [-0.1, -0.05) is 35.5 Å². The maximum atomic E-state index is 11.9. The number of carbonyl (C=O) groups excluding carboxylic acids is 1. The molecule has 0 spiro atoms. The molecule has 1 amide bonds. The molecule has 8 heteroatoms. The molecule has 0 aliphatic rings. The number of aliphatic hydroxyl groups excluding tert-OH is 1. The minimum atomic E-state index is -0.247. The zero-order valence-corrected chi connectivity index (χ0v) is 12.3. The normalized spacial score (nSPS) is 10.6. The van der Waals surface area contributed by atoms with Gasteiger partial charge in [0.05, 0.1) is 18.5 Å². The van der Waals surface area contributed by atoms with Gasteiger partial charge in [0.25, 0.3) is 0 Å². The molecule has 0 radical (unpaired) electrons. The predicted octanol–water partition coefficient (Wildman–Crippen LogP) is 1.53. The molecule has 0 bridgehead atoms. The smallest absolute Gasteiger partial charge is 0.247 e. The Balaban J connectivity index is 1.63. The van der Waals surface area contributed by atoms with Crippen LogP contribution in [0.2, 0.25) is 0 Å². The maximum Gasteiger partial charge on any atom is 0.247 e. The molecule has 2 aromatic heterocycles. The number of rotatable bonds is 5. The average Bonchev–Trinajstić information content (AvgIpc) is 3.17. The molecule has 0 saturated carbocycles. The van der Waals surface area contributed by atoms with Gasteiger partial charge in [0.2, 0.25) is 5.91 Å². The molecular formula is C14H13N5O2S. The number of nitrogens with zero attached hydrogens (tertiary/aromatic N) is 4. The van der Waals surface area contributed by atoms with Crippen molar-refractivity contribution in [2.45, 2.75) is 13.2 Å². The van der Waals surface area contributed by atoms with Crippen LogP contribution in [0.5, 0.6) is 0 Å².